The number of carbonyl (C=O) groups excluding carboxylic acids is 1. The van der Waals surface area contributed by atoms with Crippen molar-refractivity contribution < 1.29 is 18.2 Å². The van der Waals surface area contributed by atoms with Gasteiger partial charge < -0.3 is 11.1 Å². The molecule has 32 heavy (non-hydrogen) atoms. The van der Waals surface area contributed by atoms with E-state index in [1.54, 1.807) is 17.5 Å². The highest BCUT2D eigenvalue weighted by molar-refractivity contribution is 5.93. The fraction of sp³-hybridized carbons (Fsp3) is 0.571. The van der Waals surface area contributed by atoms with Gasteiger partial charge in [0.05, 0.1) is 23.5 Å². The molecule has 11 heteroatoms. The van der Waals surface area contributed by atoms with Crippen LogP contribution in [0.25, 0.3) is 5.78 Å². The molecule has 0 aliphatic heterocycles. The van der Waals surface area contributed by atoms with Crippen molar-refractivity contribution in [3.8, 4) is 0 Å². The molecule has 2 aliphatic carbocycles. The van der Waals surface area contributed by atoms with E-state index in [1.165, 1.54) is 0 Å². The molecule has 0 spiro atoms. The van der Waals surface area contributed by atoms with E-state index in [-0.39, 0.29) is 43.3 Å². The van der Waals surface area contributed by atoms with Gasteiger partial charge in [-0.1, -0.05) is 5.16 Å². The topological polar surface area (TPSA) is 124 Å². The maximum absolute atomic E-state index is 13.8. The lowest BCUT2D eigenvalue weighted by Gasteiger charge is -2.33. The van der Waals surface area contributed by atoms with Crippen molar-refractivity contribution in [2.24, 2.45) is 17.6 Å². The number of imidazole rings is 1. The smallest absolute Gasteiger partial charge is 0.276 e. The Hall–Kier alpha value is -2.95. The lowest BCUT2D eigenvalue weighted by molar-refractivity contribution is -0.0495. The van der Waals surface area contributed by atoms with Gasteiger partial charge in [0.2, 0.25) is 11.7 Å². The number of alkyl halides is 2. The van der Waals surface area contributed by atoms with Gasteiger partial charge in [0.15, 0.2) is 5.69 Å². The fourth-order valence-electron chi connectivity index (χ4n) is 4.41. The molecule has 2 atom stereocenters. The van der Waals surface area contributed by atoms with Crippen molar-refractivity contribution in [1.82, 2.24) is 30.0 Å². The third-order valence-electron chi connectivity index (χ3n) is 6.54. The number of nitrogens with two attached hydrogens (primary N) is 1. The Balaban J connectivity index is 1.45. The minimum Gasteiger partial charge on any atom is -0.342 e. The first-order valence-corrected chi connectivity index (χ1v) is 10.9. The molecule has 9 nitrogen and oxygen atoms in total. The number of hydrogen-bond acceptors (Lipinski definition) is 7. The number of carbonyl (C=O) groups is 1. The summed E-state index contributed by atoms with van der Waals surface area (Å²) in [6.07, 6.45) is 5.92. The van der Waals surface area contributed by atoms with Crippen LogP contribution < -0.4 is 11.1 Å². The van der Waals surface area contributed by atoms with Crippen molar-refractivity contribution in [1.29, 1.82) is 0 Å². The number of rotatable bonds is 6. The molecule has 3 aromatic rings. The van der Waals surface area contributed by atoms with Gasteiger partial charge >= 0.3 is 0 Å². The molecule has 3 N–H and O–H groups in total. The fourth-order valence-corrected chi connectivity index (χ4v) is 4.41. The Morgan fingerprint density at radius 2 is 1.91 bits per heavy atom. The number of nitrogens with zero attached hydrogens (tertiary/aromatic N) is 5. The van der Waals surface area contributed by atoms with E-state index in [0.717, 1.165) is 18.5 Å². The predicted octanol–water partition coefficient (Wildman–Crippen LogP) is 3.13. The minimum atomic E-state index is -2.67. The highest BCUT2D eigenvalue weighted by Crippen LogP contribution is 2.42. The standard InChI is InChI=1S/C21H25F2N7O2/c1-11-17(29-32-28-11)19(31)27-18(13-4-7-21(22,23)8-5-13)15-10-30-9-6-14(25-20(30)26-15)16(24)12-2-3-12/h6,9-10,12-13,16,18H,2-5,7-8,24H2,1H3,(H,27,31)/t16-,18+/m1/s1. The number of hydrogen-bond donors (Lipinski definition) is 2. The van der Waals surface area contributed by atoms with Gasteiger partial charge in [-0.2, -0.15) is 0 Å². The first-order valence-electron chi connectivity index (χ1n) is 10.9. The summed E-state index contributed by atoms with van der Waals surface area (Å²) < 4.78 is 34.0. The van der Waals surface area contributed by atoms with Gasteiger partial charge in [0, 0.05) is 25.2 Å². The molecule has 0 aromatic carbocycles. The Bertz CT molecular complexity index is 1130. The van der Waals surface area contributed by atoms with E-state index in [0.29, 0.717) is 23.1 Å². The molecule has 5 rings (SSSR count). The van der Waals surface area contributed by atoms with Crippen LogP contribution in [0.5, 0.6) is 0 Å². The molecule has 0 saturated heterocycles. The van der Waals surface area contributed by atoms with Crippen LogP contribution >= 0.6 is 0 Å². The molecule has 0 radical (unpaired) electrons. The highest BCUT2D eigenvalue weighted by Gasteiger charge is 2.40. The molecule has 3 aromatic heterocycles. The molecule has 0 bridgehead atoms. The van der Waals surface area contributed by atoms with Crippen molar-refractivity contribution >= 4 is 11.7 Å². The van der Waals surface area contributed by atoms with Crippen LogP contribution in [0.15, 0.2) is 23.1 Å². The summed E-state index contributed by atoms with van der Waals surface area (Å²) in [7, 11) is 0. The van der Waals surface area contributed by atoms with E-state index in [1.807, 2.05) is 12.3 Å². The second-order valence-corrected chi connectivity index (χ2v) is 8.93. The van der Waals surface area contributed by atoms with Gasteiger partial charge in [-0.05, 0) is 55.7 Å². The zero-order valence-corrected chi connectivity index (χ0v) is 17.7. The van der Waals surface area contributed by atoms with E-state index in [2.05, 4.69) is 30.2 Å². The van der Waals surface area contributed by atoms with Crippen molar-refractivity contribution in [2.75, 3.05) is 0 Å². The quantitative estimate of drug-likeness (QED) is 0.597. The summed E-state index contributed by atoms with van der Waals surface area (Å²) >= 11 is 0. The Labute approximate surface area is 182 Å². The number of nitrogens with one attached hydrogen (secondary N) is 1. The van der Waals surface area contributed by atoms with Crippen molar-refractivity contribution in [2.45, 2.75) is 63.5 Å². The second kappa shape index (κ2) is 7.88. The molecule has 0 unspecified atom stereocenters. The lowest BCUT2D eigenvalue weighted by atomic mass is 9.81. The summed E-state index contributed by atoms with van der Waals surface area (Å²) in [4.78, 5) is 22.1. The third-order valence-corrected chi connectivity index (χ3v) is 6.54. The van der Waals surface area contributed by atoms with Crippen LogP contribution in [-0.4, -0.2) is 36.5 Å². The zero-order valence-electron chi connectivity index (χ0n) is 17.7. The SMILES string of the molecule is Cc1nonc1C(=O)N[C@H](c1cn2ccc([C@H](N)C3CC3)nc2n1)C1CCC(F)(F)CC1. The lowest BCUT2D eigenvalue weighted by Crippen LogP contribution is -2.37. The molecule has 1 amide bonds. The number of aryl methyl sites for hydroxylation is 1. The zero-order chi connectivity index (χ0) is 22.5. The molecule has 3 heterocycles. The van der Waals surface area contributed by atoms with Crippen LogP contribution in [0.2, 0.25) is 0 Å². The van der Waals surface area contributed by atoms with Gasteiger partial charge in [-0.3, -0.25) is 9.20 Å². The normalized spacial score (nSPS) is 20.9. The maximum atomic E-state index is 13.8. The van der Waals surface area contributed by atoms with Gasteiger partial charge in [0.25, 0.3) is 5.91 Å². The molecular formula is C21H25F2N7O2. The number of amides is 1. The average molecular weight is 445 g/mol. The van der Waals surface area contributed by atoms with E-state index in [9.17, 15) is 13.6 Å². The van der Waals surface area contributed by atoms with Gasteiger partial charge in [0.1, 0.15) is 5.69 Å². The van der Waals surface area contributed by atoms with Crippen molar-refractivity contribution in [3.05, 3.63) is 41.2 Å². The summed E-state index contributed by atoms with van der Waals surface area (Å²) in [5.41, 5.74) is 8.04. The van der Waals surface area contributed by atoms with Crippen LogP contribution in [0, 0.1) is 18.8 Å². The monoisotopic (exact) mass is 445 g/mol. The largest absolute Gasteiger partial charge is 0.342 e. The average Bonchev–Trinajstić information content (AvgIpc) is 3.39. The Morgan fingerprint density at radius 3 is 2.56 bits per heavy atom. The van der Waals surface area contributed by atoms with E-state index in [4.69, 9.17) is 5.73 Å². The Kier molecular flexibility index (Phi) is 5.15. The summed E-state index contributed by atoms with van der Waals surface area (Å²) in [6.45, 7) is 1.61. The molecule has 2 saturated carbocycles. The second-order valence-electron chi connectivity index (χ2n) is 8.93. The van der Waals surface area contributed by atoms with Crippen LogP contribution in [0.1, 0.15) is 78.2 Å². The Morgan fingerprint density at radius 1 is 1.19 bits per heavy atom. The maximum Gasteiger partial charge on any atom is 0.276 e. The summed E-state index contributed by atoms with van der Waals surface area (Å²) in [6, 6.07) is 1.18. The third kappa shape index (κ3) is 4.08. The molecular weight excluding hydrogens is 420 g/mol. The summed E-state index contributed by atoms with van der Waals surface area (Å²) in [5.74, 6) is -2.43. The predicted molar refractivity (Wildman–Crippen MR) is 109 cm³/mol. The molecule has 170 valence electrons. The van der Waals surface area contributed by atoms with Gasteiger partial charge in [-0.15, -0.1) is 0 Å². The minimum absolute atomic E-state index is 0.0655. The number of halogens is 2. The summed E-state index contributed by atoms with van der Waals surface area (Å²) in [5, 5.41) is 10.2. The molecule has 2 fully saturated rings. The van der Waals surface area contributed by atoms with E-state index >= 15 is 0 Å². The van der Waals surface area contributed by atoms with Crippen LogP contribution in [0.4, 0.5) is 8.78 Å². The van der Waals surface area contributed by atoms with Crippen LogP contribution in [0.3, 0.4) is 0 Å². The van der Waals surface area contributed by atoms with Crippen LogP contribution in [-0.2, 0) is 0 Å². The van der Waals surface area contributed by atoms with E-state index < -0.39 is 17.9 Å². The molecule has 2 aliphatic rings. The first kappa shape index (κ1) is 20.9. The highest BCUT2D eigenvalue weighted by atomic mass is 19.3. The number of fused-ring (bicyclic) bond motifs is 1. The van der Waals surface area contributed by atoms with Gasteiger partial charge in [-0.25, -0.2) is 23.4 Å². The first-order chi connectivity index (χ1) is 15.3. The van der Waals surface area contributed by atoms with Crippen molar-refractivity contribution in [3.63, 3.8) is 0 Å². The number of aromatic nitrogens is 5.